The second kappa shape index (κ2) is 47.3. The van der Waals surface area contributed by atoms with Crippen molar-refractivity contribution in [3.8, 4) is 5.75 Å². The second-order valence-electron chi connectivity index (χ2n) is 33.1. The molecule has 15 atom stereocenters. The number of nitrogens with one attached hydrogen (secondary N) is 10. The number of benzene rings is 3. The number of aromatic amines is 1. The Balaban J connectivity index is 1.18. The number of aromatic nitrogens is 2. The molecule has 0 bridgehead atoms. The Morgan fingerprint density at radius 2 is 1.10 bits per heavy atom. The first-order chi connectivity index (χ1) is 61.2. The van der Waals surface area contributed by atoms with E-state index in [4.69, 9.17) is 17.2 Å². The summed E-state index contributed by atoms with van der Waals surface area (Å²) >= 11 is 0.704. The van der Waals surface area contributed by atoms with Crippen molar-refractivity contribution in [1.29, 1.82) is 0 Å². The molecule has 0 spiro atoms. The summed E-state index contributed by atoms with van der Waals surface area (Å²) in [5.41, 5.74) is 19.7. The molecule has 8 rings (SSSR count). The zero-order chi connectivity index (χ0) is 94.9. The topological polar surface area (TPSA) is 632 Å². The predicted octanol–water partition coefficient (Wildman–Crippen LogP) is -3.28. The van der Waals surface area contributed by atoms with Crippen LogP contribution in [0.15, 0.2) is 85.2 Å². The van der Waals surface area contributed by atoms with Gasteiger partial charge in [0.1, 0.15) is 96.9 Å². The lowest BCUT2D eigenvalue weighted by molar-refractivity contribution is -0.150. The van der Waals surface area contributed by atoms with Gasteiger partial charge in [0.05, 0.1) is 31.3 Å². The van der Waals surface area contributed by atoms with Crippen LogP contribution in [0.2, 0.25) is 0 Å². The molecular weight excluding hydrogens is 1700 g/mol. The fourth-order valence-corrected chi connectivity index (χ4v) is 16.8. The van der Waals surface area contributed by atoms with Gasteiger partial charge in [-0.15, -0.1) is 11.8 Å². The molecule has 3 aliphatic rings. The number of carbonyl (C=O) groups is 18. The molecule has 5 aromatic rings. The van der Waals surface area contributed by atoms with Gasteiger partial charge >= 0.3 is 11.9 Å². The zero-order valence-corrected chi connectivity index (χ0v) is 74.1. The normalized spacial score (nSPS) is 25.4. The number of carboxylic acids is 2. The number of aliphatic hydroxyl groups is 2. The average molecular weight is 1820 g/mol. The fourth-order valence-electron chi connectivity index (χ4n) is 16.0. The number of para-hydroxylation sites is 2. The summed E-state index contributed by atoms with van der Waals surface area (Å²) < 4.78 is 1.39. The van der Waals surface area contributed by atoms with E-state index in [0.717, 1.165) is 24.5 Å². The Morgan fingerprint density at radius 3 is 1.74 bits per heavy atom. The monoisotopic (exact) mass is 1820 g/mol. The van der Waals surface area contributed by atoms with Crippen LogP contribution in [-0.2, 0) is 112 Å². The van der Waals surface area contributed by atoms with E-state index >= 15 is 28.8 Å². The van der Waals surface area contributed by atoms with Crippen molar-refractivity contribution < 1.29 is 112 Å². The van der Waals surface area contributed by atoms with Gasteiger partial charge < -0.3 is 125 Å². The molecule has 43 heteroatoms. The number of aliphatic hydroxyl groups excluding tert-OH is 2. The first-order valence-electron chi connectivity index (χ1n) is 42.8. The van der Waals surface area contributed by atoms with E-state index < -0.39 is 261 Å². The number of nitrogens with zero attached hydrogens (tertiary/aromatic N) is 6. The first kappa shape index (κ1) is 102. The molecular formula is C86H119N19O23S. The van der Waals surface area contributed by atoms with Crippen molar-refractivity contribution >= 4 is 140 Å². The number of thioether (sulfide) groups is 1. The van der Waals surface area contributed by atoms with E-state index in [-0.39, 0.29) is 76.0 Å². The number of carbonyl (C=O) groups excluding carboxylic acids is 16. The highest BCUT2D eigenvalue weighted by Gasteiger charge is 2.47. The molecule has 0 radical (unpaired) electrons. The molecule has 0 aliphatic carbocycles. The Morgan fingerprint density at radius 1 is 0.550 bits per heavy atom. The number of hydrogen-bond donors (Lipinski definition) is 18. The van der Waals surface area contributed by atoms with Gasteiger partial charge in [0, 0.05) is 106 Å². The number of unbranched alkanes of at least 4 members (excludes halogenated alkanes) is 2. The van der Waals surface area contributed by atoms with Crippen molar-refractivity contribution in [3.63, 3.8) is 0 Å². The summed E-state index contributed by atoms with van der Waals surface area (Å²) in [6.07, 6.45) is -0.667. The van der Waals surface area contributed by atoms with Crippen LogP contribution in [0.5, 0.6) is 5.75 Å². The number of nitrogens with two attached hydrogens (primary N) is 3. The highest BCUT2D eigenvalue weighted by atomic mass is 32.2. The minimum atomic E-state index is -1.99. The van der Waals surface area contributed by atoms with Crippen molar-refractivity contribution in [2.45, 2.75) is 228 Å². The molecule has 42 nitrogen and oxygen atoms in total. The lowest BCUT2D eigenvalue weighted by Crippen LogP contribution is -2.62. The van der Waals surface area contributed by atoms with Crippen LogP contribution < -0.4 is 65.1 Å². The van der Waals surface area contributed by atoms with Crippen molar-refractivity contribution in [2.24, 2.45) is 23.1 Å². The Bertz CT molecular complexity index is 4930. The minimum Gasteiger partial charge on any atom is -0.508 e. The van der Waals surface area contributed by atoms with Crippen LogP contribution in [0, 0.1) is 5.92 Å². The number of aromatic hydroxyl groups is 1. The van der Waals surface area contributed by atoms with E-state index in [1.165, 1.54) is 63.1 Å². The van der Waals surface area contributed by atoms with Gasteiger partial charge in [0.25, 0.3) is 0 Å². The number of aliphatic carboxylic acids is 2. The zero-order valence-electron chi connectivity index (χ0n) is 73.3. The van der Waals surface area contributed by atoms with Gasteiger partial charge in [-0.25, -0.2) is 0 Å². The van der Waals surface area contributed by atoms with E-state index in [9.17, 15) is 83.1 Å². The van der Waals surface area contributed by atoms with Crippen LogP contribution in [0.1, 0.15) is 128 Å². The van der Waals surface area contributed by atoms with Crippen LogP contribution in [0.4, 0.5) is 0 Å². The molecule has 21 N–H and O–H groups in total. The number of hydrogen-bond acceptors (Lipinski definition) is 23. The van der Waals surface area contributed by atoms with E-state index in [0.29, 0.717) is 63.1 Å². The number of amides is 16. The van der Waals surface area contributed by atoms with Crippen molar-refractivity contribution in [3.05, 3.63) is 102 Å². The largest absolute Gasteiger partial charge is 0.508 e. The molecule has 3 fully saturated rings. The third-order valence-corrected chi connectivity index (χ3v) is 24.1. The maximum Gasteiger partial charge on any atom is 0.323 e. The number of rotatable bonds is 23. The lowest BCUT2D eigenvalue weighted by Gasteiger charge is -2.36. The maximum absolute atomic E-state index is 15.7. The van der Waals surface area contributed by atoms with Gasteiger partial charge in [0.2, 0.25) is 94.5 Å². The molecule has 16 amide bonds. The summed E-state index contributed by atoms with van der Waals surface area (Å²) in [6.45, 7) is 5.28. The highest BCUT2D eigenvalue weighted by molar-refractivity contribution is 8.00. The minimum absolute atomic E-state index is 0.0278. The number of primary amides is 2. The third-order valence-electron chi connectivity index (χ3n) is 23.1. The molecule has 5 heterocycles. The molecule has 3 saturated heterocycles. The number of likely N-dealkylation sites (N-methyl/N-ethyl adjacent to an activating group) is 3. The van der Waals surface area contributed by atoms with Gasteiger partial charge in [-0.3, -0.25) is 86.3 Å². The standard InChI is InChI=1S/C86H119N19O23S/c1-9-11-21-65-79(121)93-56(36-71(111)112)76(118)99-63(73(89)115)43-129-44-70(110)91-58(31-47-25-27-50(107)28-26-47)82(124)100(6)46(5)74(116)94-60(35-69(88)109)84(126)104-29-17-24-66(104)80(122)97-61(37-87)77(119)95-57(30-45(3)4)85(127)105-40-51(108)34-68(105)81(123)92-55(32-48-38-90-54-20-15-13-18-52(48)54)75(117)98-62(42-106)78(120)96-59(83(125)102(8)67(22-12-10-2)86(128)101(65)7)33-49-39-103(41-72(113)114)64-23-16-14-19-53(49)64/h13-16,18-20,23,25-28,38-39,45-46,51,55-63,65-68,90,106-108H,9-12,17,21-22,24,29-37,40-44,87H2,1-8H3,(H2,88,109)(H2,89,115)(H,91,110)(H,92,123)(H,93,121)(H,94,116)(H,95,119)(H,96,120)(H,97,122)(H,98,117)(H,99,118)(H,111,112)(H,113,114)/t46-,51+,55-,56-,57-,58-,59-,60-,61-,62-,63-,65-,66-,67-,68-/m0/s1. The quantitative estimate of drug-likeness (QED) is 0.0305. The van der Waals surface area contributed by atoms with Crippen LogP contribution in [0.3, 0.4) is 0 Å². The molecule has 3 aromatic carbocycles. The van der Waals surface area contributed by atoms with Gasteiger partial charge in [-0.05, 0) is 85.9 Å². The predicted molar refractivity (Wildman–Crippen MR) is 468 cm³/mol. The Labute approximate surface area is 748 Å². The number of phenolic OH excluding ortho intramolecular Hbond substituents is 1. The molecule has 3 aliphatic heterocycles. The van der Waals surface area contributed by atoms with Crippen LogP contribution in [0.25, 0.3) is 21.8 Å². The van der Waals surface area contributed by atoms with Crippen LogP contribution >= 0.6 is 11.8 Å². The van der Waals surface area contributed by atoms with Crippen molar-refractivity contribution in [2.75, 3.05) is 58.9 Å². The molecule has 2 aromatic heterocycles. The van der Waals surface area contributed by atoms with Gasteiger partial charge in [-0.1, -0.05) is 102 Å². The number of phenols is 1. The first-order valence-corrected chi connectivity index (χ1v) is 44.0. The SMILES string of the molecule is CCCC[C@H]1C(=O)N(C)[C@@H](CCCC)C(=O)N[C@@H](CC(=O)O)C(=O)N[C@H](C(N)=O)CSCC(=O)N[C@@H](Cc2ccc(O)cc2)C(=O)N(C)[C@@H](C)C(=O)N[C@@H](CC(N)=O)C(=O)N2CCC[C@H]2C(=O)N[C@@H](CN)C(=O)N[C@@H](CC(C)C)C(=O)N2C[C@H](O)C[C@H]2C(=O)N[C@@H](Cc2c[nH]c3ccccc23)C(=O)N[C@@H](CO)C(=O)N[C@@H](Cc2cn(CC(=O)O)c3ccccc23)C(=O)N1C. The highest BCUT2D eigenvalue weighted by Crippen LogP contribution is 2.29. The Kier molecular flexibility index (Phi) is 37.3. The summed E-state index contributed by atoms with van der Waals surface area (Å²) in [7, 11) is 3.68. The summed E-state index contributed by atoms with van der Waals surface area (Å²) in [4.78, 5) is 267. The van der Waals surface area contributed by atoms with Gasteiger partial charge in [0.15, 0.2) is 0 Å². The molecule has 0 unspecified atom stereocenters. The average Bonchev–Trinajstić information content (AvgIpc) is 1.65. The number of fused-ring (bicyclic) bond motifs is 4. The fraction of sp³-hybridized carbons (Fsp3) is 0.535. The summed E-state index contributed by atoms with van der Waals surface area (Å²) in [5.74, 6) is -20.9. The van der Waals surface area contributed by atoms with E-state index in [1.807, 2.05) is 0 Å². The Hall–Kier alpha value is -12.8. The smallest absolute Gasteiger partial charge is 0.323 e. The van der Waals surface area contributed by atoms with Gasteiger partial charge in [-0.2, -0.15) is 0 Å². The summed E-state index contributed by atoms with van der Waals surface area (Å²) in [6, 6.07) is -4.12. The van der Waals surface area contributed by atoms with E-state index in [1.54, 1.807) is 82.4 Å². The van der Waals surface area contributed by atoms with Crippen LogP contribution in [-0.4, -0.2) is 316 Å². The molecule has 129 heavy (non-hydrogen) atoms. The maximum atomic E-state index is 15.7. The summed E-state index contributed by atoms with van der Waals surface area (Å²) in [5, 5.41) is 76.8. The second-order valence-corrected chi connectivity index (χ2v) is 34.1. The van der Waals surface area contributed by atoms with E-state index in [2.05, 4.69) is 52.8 Å². The third kappa shape index (κ3) is 27.4. The van der Waals surface area contributed by atoms with Crippen molar-refractivity contribution in [1.82, 2.24) is 81.9 Å². The molecule has 0 saturated carbocycles. The number of H-pyrrole nitrogens is 1. The number of carboxylic acid groups (broad SMARTS) is 2. The molecule has 702 valence electrons. The lowest BCUT2D eigenvalue weighted by atomic mass is 10.00.